The number of hydrogen-bond donors (Lipinski definition) is 2. The molecule has 3 aromatic carbocycles. The molecule has 2 amide bonds. The van der Waals surface area contributed by atoms with Gasteiger partial charge >= 0.3 is 0 Å². The molecule has 0 aliphatic heterocycles. The molecule has 0 fully saturated rings. The third-order valence-corrected chi connectivity index (χ3v) is 4.37. The summed E-state index contributed by atoms with van der Waals surface area (Å²) < 4.78 is 5.10. The van der Waals surface area contributed by atoms with Crippen molar-refractivity contribution in [3.8, 4) is 5.75 Å². The lowest BCUT2D eigenvalue weighted by Crippen LogP contribution is -2.15. The van der Waals surface area contributed by atoms with Crippen LogP contribution in [-0.2, 0) is 11.2 Å². The molecular formula is C22H19ClN2O3. The minimum absolute atomic E-state index is 0.165. The third kappa shape index (κ3) is 5.11. The van der Waals surface area contributed by atoms with Crippen molar-refractivity contribution in [1.29, 1.82) is 0 Å². The first kappa shape index (κ1) is 19.5. The van der Waals surface area contributed by atoms with Crippen LogP contribution < -0.4 is 15.4 Å². The maximum atomic E-state index is 12.2. The number of methoxy groups -OCH3 is 1. The van der Waals surface area contributed by atoms with Gasteiger partial charge in [0.1, 0.15) is 5.75 Å². The van der Waals surface area contributed by atoms with Gasteiger partial charge in [-0.1, -0.05) is 41.9 Å². The fraction of sp³-hybridized carbons (Fsp3) is 0.0909. The van der Waals surface area contributed by atoms with Crippen molar-refractivity contribution in [1.82, 2.24) is 0 Å². The zero-order chi connectivity index (χ0) is 19.9. The second-order valence-electron chi connectivity index (χ2n) is 6.09. The van der Waals surface area contributed by atoms with E-state index in [-0.39, 0.29) is 18.2 Å². The largest absolute Gasteiger partial charge is 0.497 e. The molecule has 0 radical (unpaired) electrons. The Morgan fingerprint density at radius 3 is 2.29 bits per heavy atom. The fourth-order valence-corrected chi connectivity index (χ4v) is 2.84. The summed E-state index contributed by atoms with van der Waals surface area (Å²) in [5.74, 6) is 0.324. The van der Waals surface area contributed by atoms with Gasteiger partial charge in [-0.3, -0.25) is 9.59 Å². The molecule has 3 rings (SSSR count). The number of benzene rings is 3. The van der Waals surface area contributed by atoms with Crippen molar-refractivity contribution < 1.29 is 14.3 Å². The van der Waals surface area contributed by atoms with E-state index in [1.54, 1.807) is 49.6 Å². The van der Waals surface area contributed by atoms with Crippen molar-refractivity contribution in [2.45, 2.75) is 6.42 Å². The fourth-order valence-electron chi connectivity index (χ4n) is 2.61. The monoisotopic (exact) mass is 394 g/mol. The molecule has 5 nitrogen and oxygen atoms in total. The van der Waals surface area contributed by atoms with E-state index in [9.17, 15) is 9.59 Å². The minimum Gasteiger partial charge on any atom is -0.497 e. The van der Waals surface area contributed by atoms with Gasteiger partial charge in [0.2, 0.25) is 5.91 Å². The first-order valence-electron chi connectivity index (χ1n) is 8.64. The Morgan fingerprint density at radius 1 is 0.929 bits per heavy atom. The van der Waals surface area contributed by atoms with E-state index >= 15 is 0 Å². The molecule has 0 spiro atoms. The van der Waals surface area contributed by atoms with Crippen molar-refractivity contribution in [2.24, 2.45) is 0 Å². The number of carbonyl (C=O) groups excluding carboxylic acids is 2. The first-order chi connectivity index (χ1) is 13.5. The highest BCUT2D eigenvalue weighted by Gasteiger charge is 2.10. The van der Waals surface area contributed by atoms with Gasteiger partial charge in [0.15, 0.2) is 0 Å². The summed E-state index contributed by atoms with van der Waals surface area (Å²) in [5, 5.41) is 5.91. The van der Waals surface area contributed by atoms with Crippen LogP contribution in [0.3, 0.4) is 0 Å². The number of carbonyl (C=O) groups is 2. The Hall–Kier alpha value is -3.31. The Kier molecular flexibility index (Phi) is 6.29. The van der Waals surface area contributed by atoms with Crippen molar-refractivity contribution >= 4 is 34.8 Å². The quantitative estimate of drug-likeness (QED) is 0.632. The highest BCUT2D eigenvalue weighted by atomic mass is 35.5. The van der Waals surface area contributed by atoms with E-state index in [1.807, 2.05) is 30.3 Å². The molecule has 0 atom stereocenters. The van der Waals surface area contributed by atoms with Crippen molar-refractivity contribution in [2.75, 3.05) is 17.7 Å². The number of anilines is 2. The van der Waals surface area contributed by atoms with Crippen molar-refractivity contribution in [3.63, 3.8) is 0 Å². The van der Waals surface area contributed by atoms with E-state index < -0.39 is 0 Å². The lowest BCUT2D eigenvalue weighted by molar-refractivity contribution is -0.115. The number of amides is 2. The van der Waals surface area contributed by atoms with Gasteiger partial charge in [0.05, 0.1) is 24.2 Å². The van der Waals surface area contributed by atoms with E-state index in [0.717, 1.165) is 11.3 Å². The summed E-state index contributed by atoms with van der Waals surface area (Å²) in [6, 6.07) is 21.1. The Morgan fingerprint density at radius 2 is 1.64 bits per heavy atom. The summed E-state index contributed by atoms with van der Waals surface area (Å²) in [7, 11) is 1.59. The number of hydrogen-bond acceptors (Lipinski definition) is 3. The van der Waals surface area contributed by atoms with E-state index in [1.165, 1.54) is 0 Å². The van der Waals surface area contributed by atoms with E-state index in [4.69, 9.17) is 16.3 Å². The highest BCUT2D eigenvalue weighted by Crippen LogP contribution is 2.26. The number of nitrogens with one attached hydrogen (secondary N) is 2. The summed E-state index contributed by atoms with van der Waals surface area (Å²) in [6.07, 6.45) is 0.230. The van der Waals surface area contributed by atoms with Gasteiger partial charge < -0.3 is 15.4 Å². The van der Waals surface area contributed by atoms with Crippen LogP contribution in [0.5, 0.6) is 5.75 Å². The third-order valence-electron chi connectivity index (χ3n) is 4.06. The van der Waals surface area contributed by atoms with Gasteiger partial charge in [0.25, 0.3) is 5.91 Å². The standard InChI is InChI=1S/C22H19ClN2O3/c1-28-18-10-7-15(8-11-18)13-21(26)24-17-9-12-20(19(23)14-17)25-22(27)16-5-3-2-4-6-16/h2-12,14H,13H2,1H3,(H,24,26)(H,25,27). The van der Waals surface area contributed by atoms with Gasteiger partial charge in [-0.25, -0.2) is 0 Å². The van der Waals surface area contributed by atoms with Crippen molar-refractivity contribution in [3.05, 3.63) is 88.9 Å². The lowest BCUT2D eigenvalue weighted by Gasteiger charge is -2.10. The Bertz CT molecular complexity index is 973. The molecule has 0 aromatic heterocycles. The predicted molar refractivity (Wildman–Crippen MR) is 111 cm³/mol. The predicted octanol–water partition coefficient (Wildman–Crippen LogP) is 4.78. The average molecular weight is 395 g/mol. The molecule has 28 heavy (non-hydrogen) atoms. The van der Waals surface area contributed by atoms with Crippen LogP contribution in [0.4, 0.5) is 11.4 Å². The topological polar surface area (TPSA) is 67.4 Å². The van der Waals surface area contributed by atoms with Crippen LogP contribution in [0.1, 0.15) is 15.9 Å². The zero-order valence-electron chi connectivity index (χ0n) is 15.2. The molecule has 3 aromatic rings. The summed E-state index contributed by atoms with van der Waals surface area (Å²) >= 11 is 6.26. The molecule has 6 heteroatoms. The zero-order valence-corrected chi connectivity index (χ0v) is 16.0. The molecule has 0 saturated carbocycles. The molecule has 0 aliphatic rings. The highest BCUT2D eigenvalue weighted by molar-refractivity contribution is 6.34. The van der Waals surface area contributed by atoms with E-state index in [0.29, 0.717) is 22.0 Å². The summed E-state index contributed by atoms with van der Waals surface area (Å²) in [6.45, 7) is 0. The van der Waals surface area contributed by atoms with Crippen LogP contribution in [0, 0.1) is 0 Å². The number of ether oxygens (including phenoxy) is 1. The minimum atomic E-state index is -0.251. The van der Waals surface area contributed by atoms with Gasteiger partial charge in [-0.2, -0.15) is 0 Å². The smallest absolute Gasteiger partial charge is 0.255 e. The summed E-state index contributed by atoms with van der Waals surface area (Å²) in [4.78, 5) is 24.5. The van der Waals surface area contributed by atoms with Gasteiger partial charge in [-0.05, 0) is 48.0 Å². The van der Waals surface area contributed by atoms with Gasteiger partial charge in [-0.15, -0.1) is 0 Å². The summed E-state index contributed by atoms with van der Waals surface area (Å²) in [5.41, 5.74) is 2.44. The molecule has 0 unspecified atom stereocenters. The van der Waals surface area contributed by atoms with Crippen LogP contribution >= 0.6 is 11.6 Å². The maximum Gasteiger partial charge on any atom is 0.255 e. The van der Waals surface area contributed by atoms with Crippen LogP contribution in [0.15, 0.2) is 72.8 Å². The molecule has 2 N–H and O–H groups in total. The van der Waals surface area contributed by atoms with Crippen LogP contribution in [0.2, 0.25) is 5.02 Å². The molecule has 142 valence electrons. The molecule has 0 heterocycles. The molecule has 0 bridgehead atoms. The number of rotatable bonds is 6. The molecule has 0 aliphatic carbocycles. The SMILES string of the molecule is COc1ccc(CC(=O)Nc2ccc(NC(=O)c3ccccc3)c(Cl)c2)cc1. The normalized spacial score (nSPS) is 10.2. The van der Waals surface area contributed by atoms with Crippen LogP contribution in [-0.4, -0.2) is 18.9 Å². The lowest BCUT2D eigenvalue weighted by atomic mass is 10.1. The van der Waals surface area contributed by atoms with Crippen LogP contribution in [0.25, 0.3) is 0 Å². The first-order valence-corrected chi connectivity index (χ1v) is 9.01. The number of halogens is 1. The average Bonchev–Trinajstić information content (AvgIpc) is 2.71. The van der Waals surface area contributed by atoms with E-state index in [2.05, 4.69) is 10.6 Å². The van der Waals surface area contributed by atoms with Gasteiger partial charge in [0, 0.05) is 11.3 Å². The molecular weight excluding hydrogens is 376 g/mol. The second-order valence-corrected chi connectivity index (χ2v) is 6.50. The Labute approximate surface area is 168 Å². The maximum absolute atomic E-state index is 12.2. The molecule has 0 saturated heterocycles. The second kappa shape index (κ2) is 9.06. The Balaban J connectivity index is 1.61.